The Labute approximate surface area is 131 Å². The van der Waals surface area contributed by atoms with Gasteiger partial charge in [-0.25, -0.2) is 4.79 Å². The summed E-state index contributed by atoms with van der Waals surface area (Å²) in [4.78, 5) is 11.3. The van der Waals surface area contributed by atoms with E-state index in [1.165, 1.54) is 12.5 Å². The van der Waals surface area contributed by atoms with E-state index in [0.29, 0.717) is 6.61 Å². The lowest BCUT2D eigenvalue weighted by molar-refractivity contribution is -0.137. The molecule has 0 N–H and O–H groups in total. The highest BCUT2D eigenvalue weighted by atomic mass is 16.5. The molecule has 0 saturated carbocycles. The summed E-state index contributed by atoms with van der Waals surface area (Å²) < 4.78 is 10.7. The first-order valence-electron chi connectivity index (χ1n) is 8.13. The van der Waals surface area contributed by atoms with Crippen molar-refractivity contribution in [3.8, 4) is 0 Å². The van der Waals surface area contributed by atoms with Gasteiger partial charge in [0.15, 0.2) is 0 Å². The minimum absolute atomic E-state index is 0.139. The first-order chi connectivity index (χ1) is 9.72. The summed E-state index contributed by atoms with van der Waals surface area (Å²) >= 11 is 0. The second kappa shape index (κ2) is 9.99. The van der Waals surface area contributed by atoms with Gasteiger partial charge in [-0.15, -0.1) is 0 Å². The highest BCUT2D eigenvalue weighted by Crippen LogP contribution is 2.36. The summed E-state index contributed by atoms with van der Waals surface area (Å²) in [6.45, 7) is 15.0. The van der Waals surface area contributed by atoms with Gasteiger partial charge in [0.1, 0.15) is 0 Å². The lowest BCUT2D eigenvalue weighted by Crippen LogP contribution is -2.27. The van der Waals surface area contributed by atoms with Crippen LogP contribution in [0.1, 0.15) is 67.2 Å². The standard InChI is InChI=1S/C18H34O3/c1-7-9-13-20-15-18(5,6)14-17(3,4)12-10-11-16(19)21-8-2/h10-11H,7-9,12-15H2,1-6H3/b11-10+. The number of rotatable bonds is 11. The van der Waals surface area contributed by atoms with Gasteiger partial charge >= 0.3 is 5.97 Å². The number of ether oxygens (including phenoxy) is 2. The molecule has 3 heteroatoms. The molecule has 0 aliphatic rings. The van der Waals surface area contributed by atoms with Crippen molar-refractivity contribution in [1.82, 2.24) is 0 Å². The molecule has 3 nitrogen and oxygen atoms in total. The second-order valence-corrected chi connectivity index (χ2v) is 7.27. The summed E-state index contributed by atoms with van der Waals surface area (Å²) in [5, 5.41) is 0. The number of carbonyl (C=O) groups is 1. The molecule has 0 amide bonds. The van der Waals surface area contributed by atoms with Gasteiger partial charge in [0.2, 0.25) is 0 Å². The smallest absolute Gasteiger partial charge is 0.330 e. The van der Waals surface area contributed by atoms with Crippen LogP contribution in [0.25, 0.3) is 0 Å². The highest BCUT2D eigenvalue weighted by Gasteiger charge is 2.28. The second-order valence-electron chi connectivity index (χ2n) is 7.27. The van der Waals surface area contributed by atoms with E-state index >= 15 is 0 Å². The Bertz CT molecular complexity index is 316. The van der Waals surface area contributed by atoms with Crippen LogP contribution in [0, 0.1) is 10.8 Å². The highest BCUT2D eigenvalue weighted by molar-refractivity contribution is 5.81. The van der Waals surface area contributed by atoms with Crippen LogP contribution >= 0.6 is 0 Å². The molecule has 0 saturated heterocycles. The lowest BCUT2D eigenvalue weighted by atomic mass is 9.74. The van der Waals surface area contributed by atoms with Crippen molar-refractivity contribution < 1.29 is 14.3 Å². The summed E-state index contributed by atoms with van der Waals surface area (Å²) in [5.74, 6) is -0.254. The van der Waals surface area contributed by atoms with Crippen molar-refractivity contribution >= 4 is 5.97 Å². The third-order valence-corrected chi connectivity index (χ3v) is 3.30. The molecule has 0 aliphatic carbocycles. The van der Waals surface area contributed by atoms with E-state index in [9.17, 15) is 4.79 Å². The number of carbonyl (C=O) groups excluding carboxylic acids is 1. The van der Waals surface area contributed by atoms with Crippen LogP contribution in [-0.2, 0) is 14.3 Å². The van der Waals surface area contributed by atoms with Crippen molar-refractivity contribution in [2.75, 3.05) is 19.8 Å². The minimum atomic E-state index is -0.254. The molecule has 21 heavy (non-hydrogen) atoms. The van der Waals surface area contributed by atoms with E-state index in [1.807, 2.05) is 13.0 Å². The van der Waals surface area contributed by atoms with E-state index in [-0.39, 0.29) is 16.8 Å². The zero-order valence-corrected chi connectivity index (χ0v) is 14.8. The van der Waals surface area contributed by atoms with Crippen LogP contribution in [0.4, 0.5) is 0 Å². The minimum Gasteiger partial charge on any atom is -0.463 e. The summed E-state index contributed by atoms with van der Waals surface area (Å²) in [6, 6.07) is 0. The Hall–Kier alpha value is -0.830. The number of hydrogen-bond donors (Lipinski definition) is 0. The van der Waals surface area contributed by atoms with E-state index in [0.717, 1.165) is 32.5 Å². The third-order valence-electron chi connectivity index (χ3n) is 3.30. The van der Waals surface area contributed by atoms with Crippen LogP contribution < -0.4 is 0 Å². The molecule has 0 atom stereocenters. The van der Waals surface area contributed by atoms with Crippen LogP contribution in [0.2, 0.25) is 0 Å². The molecule has 0 fully saturated rings. The Balaban J connectivity index is 4.21. The van der Waals surface area contributed by atoms with Crippen molar-refractivity contribution in [3.63, 3.8) is 0 Å². The first kappa shape index (κ1) is 20.2. The maximum absolute atomic E-state index is 11.3. The first-order valence-corrected chi connectivity index (χ1v) is 8.13. The van der Waals surface area contributed by atoms with E-state index in [4.69, 9.17) is 9.47 Å². The number of allylic oxidation sites excluding steroid dienone is 1. The SMILES string of the molecule is CCCCOCC(C)(C)CC(C)(C)C/C=C/C(=O)OCC. The number of unbranched alkanes of at least 4 members (excludes halogenated alkanes) is 1. The maximum atomic E-state index is 11.3. The van der Waals surface area contributed by atoms with Gasteiger partial charge in [0.25, 0.3) is 0 Å². The fourth-order valence-electron chi connectivity index (χ4n) is 2.68. The van der Waals surface area contributed by atoms with Gasteiger partial charge in [-0.05, 0) is 37.0 Å². The molecular weight excluding hydrogens is 264 g/mol. The zero-order chi connectivity index (χ0) is 16.4. The van der Waals surface area contributed by atoms with Gasteiger partial charge in [0.05, 0.1) is 13.2 Å². The molecule has 0 aliphatic heterocycles. The van der Waals surface area contributed by atoms with Crippen molar-refractivity contribution in [3.05, 3.63) is 12.2 Å². The molecule has 0 aromatic rings. The van der Waals surface area contributed by atoms with Gasteiger partial charge in [0, 0.05) is 12.7 Å². The summed E-state index contributed by atoms with van der Waals surface area (Å²) in [6.07, 6.45) is 7.68. The average Bonchev–Trinajstić information content (AvgIpc) is 2.33. The van der Waals surface area contributed by atoms with Crippen LogP contribution in [-0.4, -0.2) is 25.8 Å². The fourth-order valence-corrected chi connectivity index (χ4v) is 2.68. The predicted molar refractivity (Wildman–Crippen MR) is 88.3 cm³/mol. The molecule has 124 valence electrons. The Kier molecular flexibility index (Phi) is 9.60. The predicted octanol–water partition coefficient (Wildman–Crippen LogP) is 4.76. The quantitative estimate of drug-likeness (QED) is 0.313. The van der Waals surface area contributed by atoms with E-state index in [2.05, 4.69) is 34.6 Å². The summed E-state index contributed by atoms with van der Waals surface area (Å²) in [5.41, 5.74) is 0.287. The Morgan fingerprint density at radius 3 is 2.33 bits per heavy atom. The Morgan fingerprint density at radius 1 is 1.10 bits per heavy atom. The normalized spacial score (nSPS) is 12.9. The monoisotopic (exact) mass is 298 g/mol. The van der Waals surface area contributed by atoms with Crippen molar-refractivity contribution in [2.24, 2.45) is 10.8 Å². The molecule has 0 heterocycles. The third kappa shape index (κ3) is 11.5. The van der Waals surface area contributed by atoms with Crippen molar-refractivity contribution in [2.45, 2.75) is 67.2 Å². The Morgan fingerprint density at radius 2 is 1.76 bits per heavy atom. The molecule has 0 radical (unpaired) electrons. The van der Waals surface area contributed by atoms with Crippen LogP contribution in [0.3, 0.4) is 0 Å². The zero-order valence-electron chi connectivity index (χ0n) is 14.8. The van der Waals surface area contributed by atoms with Crippen LogP contribution in [0.5, 0.6) is 0 Å². The van der Waals surface area contributed by atoms with E-state index in [1.54, 1.807) is 0 Å². The topological polar surface area (TPSA) is 35.5 Å². The largest absolute Gasteiger partial charge is 0.463 e. The van der Waals surface area contributed by atoms with Gasteiger partial charge in [-0.1, -0.05) is 47.1 Å². The number of hydrogen-bond acceptors (Lipinski definition) is 3. The lowest BCUT2D eigenvalue weighted by Gasteiger charge is -2.34. The summed E-state index contributed by atoms with van der Waals surface area (Å²) in [7, 11) is 0. The van der Waals surface area contributed by atoms with Gasteiger partial charge in [-0.2, -0.15) is 0 Å². The fraction of sp³-hybridized carbons (Fsp3) is 0.833. The maximum Gasteiger partial charge on any atom is 0.330 e. The van der Waals surface area contributed by atoms with E-state index < -0.39 is 0 Å². The molecule has 0 bridgehead atoms. The molecule has 0 rings (SSSR count). The van der Waals surface area contributed by atoms with Gasteiger partial charge < -0.3 is 9.47 Å². The molecular formula is C18H34O3. The van der Waals surface area contributed by atoms with Crippen molar-refractivity contribution in [1.29, 1.82) is 0 Å². The van der Waals surface area contributed by atoms with Gasteiger partial charge in [-0.3, -0.25) is 0 Å². The molecule has 0 aromatic heterocycles. The molecule has 0 spiro atoms. The molecule has 0 unspecified atom stereocenters. The van der Waals surface area contributed by atoms with Crippen LogP contribution in [0.15, 0.2) is 12.2 Å². The molecule has 0 aromatic carbocycles. The number of esters is 1. The average molecular weight is 298 g/mol.